The van der Waals surface area contributed by atoms with Crippen LogP contribution in [0.15, 0.2) is 37.4 Å². The maximum atomic E-state index is 13.1. The van der Waals surface area contributed by atoms with Gasteiger partial charge in [-0.3, -0.25) is 4.98 Å². The molecule has 8 nitrogen and oxygen atoms in total. The van der Waals surface area contributed by atoms with E-state index in [1.165, 1.54) is 6.33 Å². The highest BCUT2D eigenvalue weighted by Gasteiger charge is 2.29. The Hall–Kier alpha value is -2.65. The molecule has 32 heavy (non-hydrogen) atoms. The minimum atomic E-state index is -1.14. The molecule has 3 heterocycles. The fourth-order valence-electron chi connectivity index (χ4n) is 3.36. The van der Waals surface area contributed by atoms with Gasteiger partial charge < -0.3 is 4.74 Å². The Morgan fingerprint density at radius 2 is 2.09 bits per heavy atom. The molecule has 0 amide bonds. The van der Waals surface area contributed by atoms with Gasteiger partial charge in [0.05, 0.1) is 23.2 Å². The number of ether oxygens (including phenoxy) is 1. The summed E-state index contributed by atoms with van der Waals surface area (Å²) in [5.41, 5.74) is 3.93. The molecule has 0 N–H and O–H groups in total. The van der Waals surface area contributed by atoms with Crippen molar-refractivity contribution >= 4 is 16.6 Å². The summed E-state index contributed by atoms with van der Waals surface area (Å²) in [7, 11) is -1.14. The molecule has 0 saturated heterocycles. The molecule has 0 aliphatic carbocycles. The highest BCUT2D eigenvalue weighted by atomic mass is 32.2. The second-order valence-corrected chi connectivity index (χ2v) is 10.7. The summed E-state index contributed by atoms with van der Waals surface area (Å²) in [5.74, 6) is 0.420. The number of hydrogen-bond acceptors (Lipinski definition) is 6. The first-order chi connectivity index (χ1) is 15.2. The highest BCUT2D eigenvalue weighted by molar-refractivity contribution is 7.84. The average molecular weight is 457 g/mol. The number of aryl methyl sites for hydroxylation is 1. The van der Waals surface area contributed by atoms with Crippen LogP contribution in [0.25, 0.3) is 16.9 Å². The van der Waals surface area contributed by atoms with Gasteiger partial charge >= 0.3 is 0 Å². The zero-order valence-corrected chi connectivity index (χ0v) is 20.5. The first-order valence-electron chi connectivity index (χ1n) is 10.8. The van der Waals surface area contributed by atoms with Crippen LogP contribution >= 0.6 is 0 Å². The van der Waals surface area contributed by atoms with Gasteiger partial charge in [-0.2, -0.15) is 5.10 Å². The minimum absolute atomic E-state index is 0.0784. The summed E-state index contributed by atoms with van der Waals surface area (Å²) in [4.78, 5) is 13.6. The van der Waals surface area contributed by atoms with Crippen LogP contribution in [-0.4, -0.2) is 51.0 Å². The van der Waals surface area contributed by atoms with Crippen LogP contribution in [0.2, 0.25) is 0 Å². The molecule has 3 rings (SSSR count). The number of rotatable bonds is 9. The Balaban J connectivity index is 2.02. The maximum absolute atomic E-state index is 13.1. The lowest BCUT2D eigenvalue weighted by molar-refractivity contribution is 0.314. The zero-order valence-electron chi connectivity index (χ0n) is 19.7. The summed E-state index contributed by atoms with van der Waals surface area (Å²) in [6.45, 7) is 16.8. The van der Waals surface area contributed by atoms with Gasteiger partial charge in [0.2, 0.25) is 5.65 Å². The van der Waals surface area contributed by atoms with Gasteiger partial charge in [-0.05, 0) is 52.7 Å². The molecule has 0 saturated carbocycles. The van der Waals surface area contributed by atoms with E-state index in [0.717, 1.165) is 16.8 Å². The van der Waals surface area contributed by atoms with Crippen LogP contribution in [0, 0.1) is 6.92 Å². The normalized spacial score (nSPS) is 14.0. The minimum Gasteiger partial charge on any atom is -0.475 e. The van der Waals surface area contributed by atoms with Crippen molar-refractivity contribution in [2.24, 2.45) is 0 Å². The van der Waals surface area contributed by atoms with Crippen LogP contribution in [0.5, 0.6) is 5.88 Å². The molecule has 0 aromatic carbocycles. The molecule has 1 unspecified atom stereocenters. The molecule has 2 atom stereocenters. The summed E-state index contributed by atoms with van der Waals surface area (Å²) < 4.78 is 22.2. The van der Waals surface area contributed by atoms with Gasteiger partial charge in [-0.15, -0.1) is 6.58 Å². The first kappa shape index (κ1) is 24.0. The number of aromatic nitrogens is 5. The lowest BCUT2D eigenvalue weighted by Gasteiger charge is -2.32. The van der Waals surface area contributed by atoms with Gasteiger partial charge in [0, 0.05) is 30.0 Å². The molecule has 3 aromatic heterocycles. The van der Waals surface area contributed by atoms with Crippen molar-refractivity contribution in [2.75, 3.05) is 13.2 Å². The maximum Gasteiger partial charge on any atom is 0.260 e. The third kappa shape index (κ3) is 5.05. The molecule has 172 valence electrons. The molecule has 0 fully saturated rings. The van der Waals surface area contributed by atoms with Crippen molar-refractivity contribution in [2.45, 2.75) is 58.8 Å². The number of fused-ring (bicyclic) bond motifs is 1. The first-order valence-corrected chi connectivity index (χ1v) is 11.9. The predicted molar refractivity (Wildman–Crippen MR) is 128 cm³/mol. The summed E-state index contributed by atoms with van der Waals surface area (Å²) in [6.07, 6.45) is 7.65. The number of nitrogens with zero attached hydrogens (tertiary/aromatic N) is 6. The van der Waals surface area contributed by atoms with E-state index in [2.05, 4.69) is 34.6 Å². The molecule has 0 aliphatic rings. The lowest BCUT2D eigenvalue weighted by Crippen LogP contribution is -2.39. The van der Waals surface area contributed by atoms with E-state index in [1.54, 1.807) is 10.6 Å². The quantitative estimate of drug-likeness (QED) is 0.353. The molecule has 0 spiro atoms. The second-order valence-electron chi connectivity index (χ2n) is 8.56. The average Bonchev–Trinajstić information content (AvgIpc) is 3.22. The van der Waals surface area contributed by atoms with Gasteiger partial charge in [-0.25, -0.2) is 23.0 Å². The van der Waals surface area contributed by atoms with Crippen LogP contribution in [0.3, 0.4) is 0 Å². The molecule has 0 aliphatic heterocycles. The third-order valence-electron chi connectivity index (χ3n) is 5.14. The zero-order chi connectivity index (χ0) is 23.5. The van der Waals surface area contributed by atoms with Gasteiger partial charge in [0.15, 0.2) is 0 Å². The van der Waals surface area contributed by atoms with Crippen molar-refractivity contribution in [1.82, 2.24) is 28.9 Å². The Morgan fingerprint density at radius 3 is 2.75 bits per heavy atom. The van der Waals surface area contributed by atoms with Gasteiger partial charge in [0.25, 0.3) is 5.88 Å². The Morgan fingerprint density at radius 1 is 1.34 bits per heavy atom. The van der Waals surface area contributed by atoms with Crippen LogP contribution in [-0.2, 0) is 11.0 Å². The number of pyridine rings is 1. The van der Waals surface area contributed by atoms with E-state index in [4.69, 9.17) is 9.72 Å². The SMILES string of the molecule is C=CCCOc1nc(-c2cc([C@@H](C)N(CC)S(=O)C(C)(C)C)cnc2C)cn2ncnc12. The molecule has 0 bridgehead atoms. The fraction of sp³-hybridized carbons (Fsp3) is 0.478. The van der Waals surface area contributed by atoms with E-state index in [-0.39, 0.29) is 10.8 Å². The van der Waals surface area contributed by atoms with Crippen LogP contribution in [0.1, 0.15) is 58.3 Å². The smallest absolute Gasteiger partial charge is 0.260 e. The Bertz CT molecular complexity index is 1120. The molecular formula is C23H32N6O2S. The summed E-state index contributed by atoms with van der Waals surface area (Å²) in [6, 6.07) is 1.99. The van der Waals surface area contributed by atoms with Crippen molar-refractivity contribution in [3.8, 4) is 17.1 Å². The summed E-state index contributed by atoms with van der Waals surface area (Å²) >= 11 is 0. The molecule has 3 aromatic rings. The van der Waals surface area contributed by atoms with E-state index in [0.29, 0.717) is 36.8 Å². The summed E-state index contributed by atoms with van der Waals surface area (Å²) in [5, 5.41) is 4.27. The van der Waals surface area contributed by atoms with Crippen molar-refractivity contribution < 1.29 is 8.95 Å². The lowest BCUT2D eigenvalue weighted by atomic mass is 10.0. The second kappa shape index (κ2) is 9.87. The fourth-order valence-corrected chi connectivity index (χ4v) is 4.70. The van der Waals surface area contributed by atoms with Crippen molar-refractivity contribution in [3.05, 3.63) is 48.7 Å². The number of hydrogen-bond donors (Lipinski definition) is 0. The van der Waals surface area contributed by atoms with Crippen molar-refractivity contribution in [3.63, 3.8) is 0 Å². The van der Waals surface area contributed by atoms with Crippen molar-refractivity contribution in [1.29, 1.82) is 0 Å². The van der Waals surface area contributed by atoms with Gasteiger partial charge in [0.1, 0.15) is 17.3 Å². The van der Waals surface area contributed by atoms with E-state index in [1.807, 2.05) is 51.3 Å². The van der Waals surface area contributed by atoms with E-state index < -0.39 is 11.0 Å². The molecular weight excluding hydrogens is 424 g/mol. The van der Waals surface area contributed by atoms with Crippen LogP contribution < -0.4 is 4.74 Å². The predicted octanol–water partition coefficient (Wildman–Crippen LogP) is 4.29. The Kier molecular flexibility index (Phi) is 7.40. The topological polar surface area (TPSA) is 85.5 Å². The van der Waals surface area contributed by atoms with E-state index >= 15 is 0 Å². The van der Waals surface area contributed by atoms with Gasteiger partial charge in [-0.1, -0.05) is 13.0 Å². The molecule has 0 radical (unpaired) electrons. The monoisotopic (exact) mass is 456 g/mol. The largest absolute Gasteiger partial charge is 0.475 e. The standard InChI is InChI=1S/C23H32N6O2S/c1-8-10-11-31-22-21-25-15-26-28(21)14-20(27-22)19-12-18(13-24-16(19)3)17(4)29(9-2)32(30)23(5,6)7/h8,12-15,17H,1,9-11H2,2-7H3/t17-,32?/m1/s1. The van der Waals surface area contributed by atoms with Crippen LogP contribution in [0.4, 0.5) is 0 Å². The van der Waals surface area contributed by atoms with E-state index in [9.17, 15) is 4.21 Å². The molecule has 9 heteroatoms. The third-order valence-corrected chi connectivity index (χ3v) is 7.19. The highest BCUT2D eigenvalue weighted by Crippen LogP contribution is 2.31. The Labute approximate surface area is 192 Å².